The highest BCUT2D eigenvalue weighted by Gasteiger charge is 2.32. The molecular formula is C23H29N3O3. The minimum Gasteiger partial charge on any atom is -0.453 e. The Morgan fingerprint density at radius 1 is 1.00 bits per heavy atom. The highest BCUT2D eigenvalue weighted by Crippen LogP contribution is 2.26. The Hall–Kier alpha value is -2.86. The number of rotatable bonds is 7. The molecule has 0 spiro atoms. The number of methoxy groups -OCH3 is 1. The zero-order valence-corrected chi connectivity index (χ0v) is 17.1. The number of nitrogens with one attached hydrogen (secondary N) is 1. The second-order valence-corrected chi connectivity index (χ2v) is 7.36. The molecule has 0 bridgehead atoms. The standard InChI is InChI=1S/C23H29N3O3/c1-25(20(17-26-15-9-10-16-26)18-11-5-3-6-12-18)22(27)21(24-23(28)29-2)19-13-7-4-8-14-19/h3-8,11-14,20-21H,9-10,15-17H2,1-2H3,(H,24,28)/t20-,21-/m0/s1. The van der Waals surface area contributed by atoms with Crippen LogP contribution in [0.5, 0.6) is 0 Å². The Bertz CT molecular complexity index is 792. The number of hydrogen-bond donors (Lipinski definition) is 1. The summed E-state index contributed by atoms with van der Waals surface area (Å²) in [5.74, 6) is -0.172. The third kappa shape index (κ3) is 5.35. The number of amides is 2. The molecular weight excluding hydrogens is 366 g/mol. The number of likely N-dealkylation sites (tertiary alicyclic amines) is 1. The summed E-state index contributed by atoms with van der Waals surface area (Å²) < 4.78 is 4.76. The van der Waals surface area contributed by atoms with Crippen molar-refractivity contribution >= 4 is 12.0 Å². The fourth-order valence-electron chi connectivity index (χ4n) is 3.80. The predicted octanol–water partition coefficient (Wildman–Crippen LogP) is 3.38. The maximum atomic E-state index is 13.5. The fourth-order valence-corrected chi connectivity index (χ4v) is 3.80. The molecule has 1 fully saturated rings. The van der Waals surface area contributed by atoms with Crippen molar-refractivity contribution in [1.29, 1.82) is 0 Å². The van der Waals surface area contributed by atoms with E-state index in [2.05, 4.69) is 22.3 Å². The fraction of sp³-hybridized carbons (Fsp3) is 0.391. The SMILES string of the molecule is COC(=O)N[C@H](C(=O)N(C)[C@@H](CN1CCCC1)c1ccccc1)c1ccccc1. The van der Waals surface area contributed by atoms with Crippen LogP contribution >= 0.6 is 0 Å². The number of carbonyl (C=O) groups is 2. The van der Waals surface area contributed by atoms with Crippen molar-refractivity contribution in [3.05, 3.63) is 71.8 Å². The minimum atomic E-state index is -0.807. The van der Waals surface area contributed by atoms with E-state index in [1.165, 1.54) is 20.0 Å². The Labute approximate surface area is 172 Å². The van der Waals surface area contributed by atoms with E-state index >= 15 is 0 Å². The summed E-state index contributed by atoms with van der Waals surface area (Å²) in [6.07, 6.45) is 1.75. The molecule has 1 N–H and O–H groups in total. The van der Waals surface area contributed by atoms with Gasteiger partial charge in [-0.2, -0.15) is 0 Å². The summed E-state index contributed by atoms with van der Waals surface area (Å²) in [4.78, 5) is 29.6. The van der Waals surface area contributed by atoms with Crippen LogP contribution in [0.4, 0.5) is 4.79 Å². The Morgan fingerprint density at radius 3 is 2.10 bits per heavy atom. The second kappa shape index (κ2) is 10.1. The molecule has 2 aromatic carbocycles. The first-order valence-electron chi connectivity index (χ1n) is 10.0. The number of ether oxygens (including phenoxy) is 1. The Balaban J connectivity index is 1.87. The first-order chi connectivity index (χ1) is 14.1. The normalized spacial score (nSPS) is 16.1. The molecule has 0 unspecified atom stereocenters. The third-order valence-electron chi connectivity index (χ3n) is 5.46. The quantitative estimate of drug-likeness (QED) is 0.781. The molecule has 1 saturated heterocycles. The van der Waals surface area contributed by atoms with Gasteiger partial charge in [-0.05, 0) is 37.1 Å². The van der Waals surface area contributed by atoms with Gasteiger partial charge in [-0.3, -0.25) is 4.79 Å². The molecule has 2 atom stereocenters. The average Bonchev–Trinajstić information content (AvgIpc) is 3.29. The molecule has 6 nitrogen and oxygen atoms in total. The molecule has 1 aliphatic heterocycles. The molecule has 6 heteroatoms. The van der Waals surface area contributed by atoms with Gasteiger partial charge in [0.2, 0.25) is 5.91 Å². The maximum Gasteiger partial charge on any atom is 0.407 e. The third-order valence-corrected chi connectivity index (χ3v) is 5.46. The number of alkyl carbamates (subject to hydrolysis) is 1. The summed E-state index contributed by atoms with van der Waals surface area (Å²) in [6.45, 7) is 2.87. The van der Waals surface area contributed by atoms with Gasteiger partial charge in [-0.25, -0.2) is 4.79 Å². The lowest BCUT2D eigenvalue weighted by atomic mass is 10.0. The molecule has 0 saturated carbocycles. The molecule has 0 radical (unpaired) electrons. The van der Waals surface area contributed by atoms with Gasteiger partial charge >= 0.3 is 6.09 Å². The molecule has 154 valence electrons. The second-order valence-electron chi connectivity index (χ2n) is 7.36. The Morgan fingerprint density at radius 2 is 1.55 bits per heavy atom. The van der Waals surface area contributed by atoms with Gasteiger partial charge in [0.1, 0.15) is 6.04 Å². The van der Waals surface area contributed by atoms with Crippen LogP contribution in [0.25, 0.3) is 0 Å². The molecule has 3 rings (SSSR count). The highest BCUT2D eigenvalue weighted by atomic mass is 16.5. The number of benzene rings is 2. The number of nitrogens with zero attached hydrogens (tertiary/aromatic N) is 2. The zero-order chi connectivity index (χ0) is 20.6. The van der Waals surface area contributed by atoms with Gasteiger partial charge in [-0.1, -0.05) is 60.7 Å². The van der Waals surface area contributed by atoms with Gasteiger partial charge in [-0.15, -0.1) is 0 Å². The summed E-state index contributed by atoms with van der Waals surface area (Å²) >= 11 is 0. The van der Waals surface area contributed by atoms with E-state index in [0.717, 1.165) is 30.8 Å². The van der Waals surface area contributed by atoms with Gasteiger partial charge in [0.15, 0.2) is 0 Å². The van der Waals surface area contributed by atoms with Gasteiger partial charge in [0.25, 0.3) is 0 Å². The van der Waals surface area contributed by atoms with Crippen molar-refractivity contribution in [2.24, 2.45) is 0 Å². The van der Waals surface area contributed by atoms with Crippen LogP contribution in [0, 0.1) is 0 Å². The lowest BCUT2D eigenvalue weighted by Crippen LogP contribution is -2.45. The average molecular weight is 396 g/mol. The summed E-state index contributed by atoms with van der Waals surface area (Å²) in [6, 6.07) is 18.4. The molecule has 1 aliphatic rings. The van der Waals surface area contributed by atoms with E-state index in [-0.39, 0.29) is 11.9 Å². The number of carbonyl (C=O) groups excluding carboxylic acids is 2. The van der Waals surface area contributed by atoms with Crippen molar-refractivity contribution in [2.75, 3.05) is 33.8 Å². The molecule has 0 aromatic heterocycles. The first-order valence-corrected chi connectivity index (χ1v) is 10.0. The molecule has 1 heterocycles. The van der Waals surface area contributed by atoms with Crippen LogP contribution < -0.4 is 5.32 Å². The minimum absolute atomic E-state index is 0.104. The van der Waals surface area contributed by atoms with Crippen LogP contribution in [0.2, 0.25) is 0 Å². The van der Waals surface area contributed by atoms with Gasteiger partial charge < -0.3 is 19.9 Å². The highest BCUT2D eigenvalue weighted by molar-refractivity contribution is 5.87. The van der Waals surface area contributed by atoms with Crippen LogP contribution in [-0.2, 0) is 9.53 Å². The van der Waals surface area contributed by atoms with Gasteiger partial charge in [0, 0.05) is 13.6 Å². The van der Waals surface area contributed by atoms with Crippen molar-refractivity contribution in [3.63, 3.8) is 0 Å². The van der Waals surface area contributed by atoms with E-state index < -0.39 is 12.1 Å². The van der Waals surface area contributed by atoms with Gasteiger partial charge in [0.05, 0.1) is 13.2 Å². The molecule has 0 aliphatic carbocycles. The molecule has 2 amide bonds. The molecule has 2 aromatic rings. The monoisotopic (exact) mass is 395 g/mol. The van der Waals surface area contributed by atoms with E-state index in [4.69, 9.17) is 4.74 Å². The van der Waals surface area contributed by atoms with Crippen LogP contribution in [0.15, 0.2) is 60.7 Å². The smallest absolute Gasteiger partial charge is 0.407 e. The molecule has 29 heavy (non-hydrogen) atoms. The predicted molar refractivity (Wildman–Crippen MR) is 112 cm³/mol. The van der Waals surface area contributed by atoms with E-state index in [0.29, 0.717) is 0 Å². The number of hydrogen-bond acceptors (Lipinski definition) is 4. The van der Waals surface area contributed by atoms with Crippen molar-refractivity contribution in [3.8, 4) is 0 Å². The zero-order valence-electron chi connectivity index (χ0n) is 17.1. The van der Waals surface area contributed by atoms with Crippen LogP contribution in [0.3, 0.4) is 0 Å². The van der Waals surface area contributed by atoms with Crippen molar-refractivity contribution < 1.29 is 14.3 Å². The maximum absolute atomic E-state index is 13.5. The van der Waals surface area contributed by atoms with E-state index in [1.807, 2.05) is 55.6 Å². The largest absolute Gasteiger partial charge is 0.453 e. The van der Waals surface area contributed by atoms with Crippen LogP contribution in [-0.4, -0.2) is 55.6 Å². The van der Waals surface area contributed by atoms with Crippen molar-refractivity contribution in [2.45, 2.75) is 24.9 Å². The van der Waals surface area contributed by atoms with Crippen molar-refractivity contribution in [1.82, 2.24) is 15.1 Å². The summed E-state index contributed by atoms with van der Waals surface area (Å²) in [5.41, 5.74) is 1.81. The van der Waals surface area contributed by atoms with E-state index in [9.17, 15) is 9.59 Å². The Kier molecular flexibility index (Phi) is 7.25. The summed E-state index contributed by atoms with van der Waals surface area (Å²) in [5, 5.41) is 2.70. The lowest BCUT2D eigenvalue weighted by molar-refractivity contribution is -0.134. The van der Waals surface area contributed by atoms with Crippen LogP contribution in [0.1, 0.15) is 36.1 Å². The summed E-state index contributed by atoms with van der Waals surface area (Å²) in [7, 11) is 3.11. The lowest BCUT2D eigenvalue weighted by Gasteiger charge is -2.34. The van der Waals surface area contributed by atoms with E-state index in [1.54, 1.807) is 4.90 Å². The number of likely N-dealkylation sites (N-methyl/N-ethyl adjacent to an activating group) is 1. The topological polar surface area (TPSA) is 61.9 Å². The first kappa shape index (κ1) is 20.9.